The van der Waals surface area contributed by atoms with Crippen LogP contribution >= 0.6 is 24.8 Å². The molecule has 2 amide bonds. The lowest BCUT2D eigenvalue weighted by Crippen LogP contribution is -2.54. The van der Waals surface area contributed by atoms with Crippen LogP contribution in [0, 0.1) is 18.3 Å². The van der Waals surface area contributed by atoms with Crippen molar-refractivity contribution < 1.29 is 14.7 Å². The van der Waals surface area contributed by atoms with Gasteiger partial charge in [0.1, 0.15) is 5.84 Å². The minimum absolute atomic E-state index is 0. The summed E-state index contributed by atoms with van der Waals surface area (Å²) < 4.78 is 0. The molecule has 3 rings (SSSR count). The number of nitrogens with one attached hydrogen (secondary N) is 2. The molecule has 30 heavy (non-hydrogen) atoms. The van der Waals surface area contributed by atoms with Crippen molar-refractivity contribution >= 4 is 48.3 Å². The maximum atomic E-state index is 12.6. The number of hydrogen-bond acceptors (Lipinski definition) is 4. The number of aryl methyl sites for hydroxylation is 1. The topological polar surface area (TPSA) is 123 Å². The van der Waals surface area contributed by atoms with Crippen LogP contribution < -0.4 is 16.0 Å². The van der Waals surface area contributed by atoms with E-state index in [0.29, 0.717) is 25.9 Å². The zero-order chi connectivity index (χ0) is 20.3. The Balaban J connectivity index is 0.00000225. The number of carboxylic acids is 1. The summed E-state index contributed by atoms with van der Waals surface area (Å²) >= 11 is 0. The molecule has 1 aliphatic heterocycles. The van der Waals surface area contributed by atoms with Gasteiger partial charge in [0, 0.05) is 43.5 Å². The molecule has 1 aromatic carbocycles. The molecule has 0 atom stereocenters. The minimum atomic E-state index is -0.729. The van der Waals surface area contributed by atoms with Crippen LogP contribution in [0.15, 0.2) is 18.2 Å². The van der Waals surface area contributed by atoms with Gasteiger partial charge >= 0.3 is 12.0 Å². The van der Waals surface area contributed by atoms with E-state index in [1.54, 1.807) is 0 Å². The fourth-order valence-corrected chi connectivity index (χ4v) is 4.08. The number of urea groups is 1. The number of nitrogens with zero attached hydrogens (tertiary/aromatic N) is 2. The van der Waals surface area contributed by atoms with Crippen molar-refractivity contribution in [2.24, 2.45) is 11.7 Å². The van der Waals surface area contributed by atoms with Gasteiger partial charge in [0.05, 0.1) is 5.92 Å². The van der Waals surface area contributed by atoms with E-state index in [0.717, 1.165) is 42.7 Å². The van der Waals surface area contributed by atoms with Crippen molar-refractivity contribution in [1.29, 1.82) is 5.41 Å². The van der Waals surface area contributed by atoms with Crippen molar-refractivity contribution in [3.63, 3.8) is 0 Å². The summed E-state index contributed by atoms with van der Waals surface area (Å²) in [4.78, 5) is 27.7. The molecule has 8 nitrogen and oxygen atoms in total. The van der Waals surface area contributed by atoms with Crippen LogP contribution in [-0.2, 0) is 4.79 Å². The molecule has 10 heteroatoms. The van der Waals surface area contributed by atoms with Gasteiger partial charge in [-0.2, -0.15) is 0 Å². The summed E-state index contributed by atoms with van der Waals surface area (Å²) in [6, 6.07) is 5.79. The molecular weight excluding hydrogens is 429 g/mol. The van der Waals surface area contributed by atoms with Crippen LogP contribution in [0.2, 0.25) is 0 Å². The van der Waals surface area contributed by atoms with E-state index in [4.69, 9.17) is 16.2 Å². The first-order chi connectivity index (χ1) is 13.3. The average molecular weight is 460 g/mol. The molecule has 5 N–H and O–H groups in total. The van der Waals surface area contributed by atoms with Crippen LogP contribution in [0.5, 0.6) is 0 Å². The molecule has 1 aromatic rings. The highest BCUT2D eigenvalue weighted by molar-refractivity contribution is 5.95. The second kappa shape index (κ2) is 11.3. The molecule has 1 heterocycles. The van der Waals surface area contributed by atoms with E-state index in [1.807, 2.05) is 30.0 Å². The monoisotopic (exact) mass is 459 g/mol. The fourth-order valence-electron chi connectivity index (χ4n) is 4.08. The van der Waals surface area contributed by atoms with Crippen molar-refractivity contribution in [2.45, 2.75) is 38.6 Å². The minimum Gasteiger partial charge on any atom is -0.481 e. The Morgan fingerprint density at radius 1 is 1.10 bits per heavy atom. The van der Waals surface area contributed by atoms with Crippen molar-refractivity contribution in [1.82, 2.24) is 10.2 Å². The third-order valence-electron chi connectivity index (χ3n) is 5.82. The number of anilines is 1. The third kappa shape index (κ3) is 6.15. The van der Waals surface area contributed by atoms with Crippen molar-refractivity contribution in [3.8, 4) is 0 Å². The Bertz CT molecular complexity index is 761. The lowest BCUT2D eigenvalue weighted by Gasteiger charge is -2.38. The molecule has 2 aliphatic rings. The number of carbonyl (C=O) groups excluding carboxylic acids is 1. The molecule has 1 aliphatic carbocycles. The summed E-state index contributed by atoms with van der Waals surface area (Å²) in [5.41, 5.74) is 8.45. The molecule has 0 radical (unpaired) electrons. The average Bonchev–Trinajstić information content (AvgIpc) is 2.68. The van der Waals surface area contributed by atoms with Gasteiger partial charge in [0.2, 0.25) is 0 Å². The van der Waals surface area contributed by atoms with E-state index in [2.05, 4.69) is 10.2 Å². The quantitative estimate of drug-likeness (QED) is 0.406. The number of halogens is 2. The van der Waals surface area contributed by atoms with Gasteiger partial charge in [-0.1, -0.05) is 0 Å². The number of amides is 2. The number of amidine groups is 1. The molecule has 0 spiro atoms. The van der Waals surface area contributed by atoms with Gasteiger partial charge in [-0.15, -0.1) is 24.8 Å². The van der Waals surface area contributed by atoms with E-state index >= 15 is 0 Å². The van der Waals surface area contributed by atoms with Crippen LogP contribution in [0.25, 0.3) is 0 Å². The van der Waals surface area contributed by atoms with Crippen LogP contribution in [-0.4, -0.2) is 60.1 Å². The Morgan fingerprint density at radius 3 is 2.20 bits per heavy atom. The standard InChI is InChI=1S/C20H29N5O3.2ClH/c1-13-12-15(18(21)22)4-7-17(13)24-8-10-25(11-9-24)20(28)23-16-5-2-14(3-6-16)19(26)27;;/h4,7,12,14,16H,2-3,5-6,8-11H2,1H3,(H3,21,22)(H,23,28)(H,26,27);2*1H/t14-,16-;;. The van der Waals surface area contributed by atoms with Gasteiger partial charge < -0.3 is 26.0 Å². The van der Waals surface area contributed by atoms with E-state index in [-0.39, 0.29) is 48.6 Å². The number of nitrogens with two attached hydrogens (primary N) is 1. The molecule has 0 bridgehead atoms. The Labute approximate surface area is 189 Å². The summed E-state index contributed by atoms with van der Waals surface area (Å²) in [5, 5.41) is 19.7. The van der Waals surface area contributed by atoms with Gasteiger partial charge in [-0.05, 0) is 56.4 Å². The Hall–Kier alpha value is -2.19. The summed E-state index contributed by atoms with van der Waals surface area (Å²) in [6.45, 7) is 4.79. The first-order valence-corrected chi connectivity index (χ1v) is 9.83. The number of carboxylic acid groups (broad SMARTS) is 1. The van der Waals surface area contributed by atoms with Gasteiger partial charge in [-0.25, -0.2) is 4.79 Å². The summed E-state index contributed by atoms with van der Waals surface area (Å²) in [6.07, 6.45) is 2.71. The van der Waals surface area contributed by atoms with E-state index in [9.17, 15) is 9.59 Å². The van der Waals surface area contributed by atoms with Crippen molar-refractivity contribution in [3.05, 3.63) is 29.3 Å². The number of benzene rings is 1. The molecule has 0 aromatic heterocycles. The number of piperazine rings is 1. The molecule has 2 fully saturated rings. The first kappa shape index (κ1) is 25.8. The predicted molar refractivity (Wildman–Crippen MR) is 122 cm³/mol. The van der Waals surface area contributed by atoms with Gasteiger partial charge in [-0.3, -0.25) is 10.2 Å². The zero-order valence-corrected chi connectivity index (χ0v) is 18.7. The van der Waals surface area contributed by atoms with E-state index in [1.165, 1.54) is 0 Å². The van der Waals surface area contributed by atoms with Gasteiger partial charge in [0.15, 0.2) is 0 Å². The fraction of sp³-hybridized carbons (Fsp3) is 0.550. The predicted octanol–water partition coefficient (Wildman–Crippen LogP) is 2.60. The summed E-state index contributed by atoms with van der Waals surface area (Å²) in [5.74, 6) is -0.935. The maximum Gasteiger partial charge on any atom is 0.317 e. The largest absolute Gasteiger partial charge is 0.481 e. The molecular formula is C20H31Cl2N5O3. The van der Waals surface area contributed by atoms with Crippen LogP contribution in [0.4, 0.5) is 10.5 Å². The molecule has 0 unspecified atom stereocenters. The molecule has 168 valence electrons. The second-order valence-electron chi connectivity index (χ2n) is 7.73. The second-order valence-corrected chi connectivity index (χ2v) is 7.73. The highest BCUT2D eigenvalue weighted by atomic mass is 35.5. The molecule has 1 saturated carbocycles. The molecule has 1 saturated heterocycles. The number of rotatable bonds is 4. The SMILES string of the molecule is Cc1cc(C(=N)N)ccc1N1CCN(C(=O)N[C@H]2CC[C@H](C(=O)O)CC2)CC1.Cl.Cl. The van der Waals surface area contributed by atoms with Gasteiger partial charge in [0.25, 0.3) is 0 Å². The highest BCUT2D eigenvalue weighted by Crippen LogP contribution is 2.25. The Kier molecular flexibility index (Phi) is 9.71. The normalized spacial score (nSPS) is 21.1. The van der Waals surface area contributed by atoms with E-state index < -0.39 is 5.97 Å². The highest BCUT2D eigenvalue weighted by Gasteiger charge is 2.29. The first-order valence-electron chi connectivity index (χ1n) is 9.83. The lowest BCUT2D eigenvalue weighted by atomic mass is 9.86. The number of carbonyl (C=O) groups is 2. The third-order valence-corrected chi connectivity index (χ3v) is 5.82. The van der Waals surface area contributed by atoms with Crippen LogP contribution in [0.1, 0.15) is 36.8 Å². The number of nitrogen functional groups attached to an aromatic ring is 1. The smallest absolute Gasteiger partial charge is 0.317 e. The summed E-state index contributed by atoms with van der Waals surface area (Å²) in [7, 11) is 0. The number of hydrogen-bond donors (Lipinski definition) is 4. The van der Waals surface area contributed by atoms with Crippen LogP contribution in [0.3, 0.4) is 0 Å². The number of aliphatic carboxylic acids is 1. The lowest BCUT2D eigenvalue weighted by molar-refractivity contribution is -0.142. The van der Waals surface area contributed by atoms with Crippen molar-refractivity contribution in [2.75, 3.05) is 31.1 Å². The Morgan fingerprint density at radius 2 is 1.70 bits per heavy atom. The zero-order valence-electron chi connectivity index (χ0n) is 17.1. The maximum absolute atomic E-state index is 12.6.